The fourth-order valence-corrected chi connectivity index (χ4v) is 3.05. The smallest absolute Gasteiger partial charge is 0.256 e. The van der Waals surface area contributed by atoms with E-state index in [2.05, 4.69) is 4.90 Å². The first-order valence-corrected chi connectivity index (χ1v) is 8.09. The van der Waals surface area contributed by atoms with E-state index < -0.39 is 6.10 Å². The maximum atomic E-state index is 12.8. The number of ether oxygens (including phenoxy) is 1. The van der Waals surface area contributed by atoms with Crippen molar-refractivity contribution in [3.8, 4) is 5.75 Å². The Morgan fingerprint density at radius 1 is 1.04 bits per heavy atom. The summed E-state index contributed by atoms with van der Waals surface area (Å²) in [6, 6.07) is 16.8. The summed E-state index contributed by atoms with van der Waals surface area (Å²) in [5.74, 6) is 0.258. The van der Waals surface area contributed by atoms with Crippen molar-refractivity contribution in [3.63, 3.8) is 0 Å². The van der Waals surface area contributed by atoms with Gasteiger partial charge in [-0.15, -0.1) is 0 Å². The molecule has 1 heterocycles. The van der Waals surface area contributed by atoms with Gasteiger partial charge in [-0.3, -0.25) is 4.79 Å². The lowest BCUT2D eigenvalue weighted by molar-refractivity contribution is -0.142. The van der Waals surface area contributed by atoms with Gasteiger partial charge in [0.05, 0.1) is 0 Å². The number of amides is 1. The van der Waals surface area contributed by atoms with Crippen LogP contribution in [0, 0.1) is 0 Å². The Bertz CT molecular complexity index is 682. The van der Waals surface area contributed by atoms with E-state index in [-0.39, 0.29) is 11.7 Å². The van der Waals surface area contributed by atoms with Gasteiger partial charge in [0.25, 0.3) is 5.91 Å². The molecule has 2 aromatic rings. The number of phenols is 1. The fraction of sp³-hybridized carbons (Fsp3) is 0.316. The minimum absolute atomic E-state index is 0.000686. The molecule has 1 saturated heterocycles. The van der Waals surface area contributed by atoms with E-state index in [0.717, 1.165) is 24.3 Å². The second-order valence-electron chi connectivity index (χ2n) is 5.86. The van der Waals surface area contributed by atoms with E-state index in [9.17, 15) is 9.90 Å². The number of carbonyl (C=O) groups is 1. The Hall–Kier alpha value is -2.53. The highest BCUT2D eigenvalue weighted by Crippen LogP contribution is 2.23. The summed E-state index contributed by atoms with van der Waals surface area (Å²) in [6.07, 6.45) is -0.557. The number of nitrogens with zero attached hydrogens (tertiary/aromatic N) is 2. The van der Waals surface area contributed by atoms with Crippen LogP contribution >= 0.6 is 0 Å². The van der Waals surface area contributed by atoms with E-state index in [1.54, 1.807) is 19.2 Å². The number of methoxy groups -OCH3 is 1. The number of rotatable bonds is 4. The minimum Gasteiger partial charge on any atom is -0.508 e. The molecule has 0 radical (unpaired) electrons. The van der Waals surface area contributed by atoms with Crippen LogP contribution in [0.2, 0.25) is 0 Å². The van der Waals surface area contributed by atoms with Crippen molar-refractivity contribution in [2.45, 2.75) is 6.10 Å². The molecule has 1 aliphatic heterocycles. The van der Waals surface area contributed by atoms with Gasteiger partial charge in [0.1, 0.15) is 5.75 Å². The van der Waals surface area contributed by atoms with Crippen molar-refractivity contribution in [2.24, 2.45) is 0 Å². The van der Waals surface area contributed by atoms with E-state index in [4.69, 9.17) is 4.74 Å². The van der Waals surface area contributed by atoms with E-state index in [0.29, 0.717) is 13.1 Å². The topological polar surface area (TPSA) is 53.0 Å². The van der Waals surface area contributed by atoms with Gasteiger partial charge in [0, 0.05) is 45.0 Å². The van der Waals surface area contributed by atoms with E-state index in [1.807, 2.05) is 47.4 Å². The van der Waals surface area contributed by atoms with Crippen LogP contribution in [-0.4, -0.2) is 49.2 Å². The minimum atomic E-state index is -0.557. The van der Waals surface area contributed by atoms with Crippen molar-refractivity contribution in [1.29, 1.82) is 0 Å². The average molecular weight is 326 g/mol. The average Bonchev–Trinajstić information content (AvgIpc) is 2.63. The molecule has 1 amide bonds. The molecule has 1 atom stereocenters. The molecule has 1 N–H and O–H groups in total. The molecule has 0 unspecified atom stereocenters. The SMILES string of the molecule is CO[C@@H](C(=O)N1CCN(c2cccc(O)c2)CC1)c1ccccc1. The highest BCUT2D eigenvalue weighted by Gasteiger charge is 2.28. The lowest BCUT2D eigenvalue weighted by atomic mass is 10.1. The molecule has 0 spiro atoms. The Morgan fingerprint density at radius 2 is 1.75 bits per heavy atom. The maximum Gasteiger partial charge on any atom is 0.256 e. The van der Waals surface area contributed by atoms with Gasteiger partial charge in [-0.05, 0) is 17.7 Å². The first-order chi connectivity index (χ1) is 11.7. The zero-order chi connectivity index (χ0) is 16.9. The predicted octanol–water partition coefficient (Wildman–Crippen LogP) is 2.43. The zero-order valence-electron chi connectivity index (χ0n) is 13.8. The third-order valence-corrected chi connectivity index (χ3v) is 4.35. The molecular formula is C19H22N2O3. The normalized spacial score (nSPS) is 16.0. The van der Waals surface area contributed by atoms with Crippen LogP contribution in [-0.2, 0) is 9.53 Å². The van der Waals surface area contributed by atoms with Crippen LogP contribution in [0.4, 0.5) is 5.69 Å². The predicted molar refractivity (Wildman–Crippen MR) is 93.1 cm³/mol. The quantitative estimate of drug-likeness (QED) is 0.937. The number of phenolic OH excluding ortho intramolecular Hbond substituents is 1. The van der Waals surface area contributed by atoms with Gasteiger partial charge in [-0.1, -0.05) is 36.4 Å². The lowest BCUT2D eigenvalue weighted by Crippen LogP contribution is -2.50. The highest BCUT2D eigenvalue weighted by molar-refractivity contribution is 5.82. The van der Waals surface area contributed by atoms with Gasteiger partial charge >= 0.3 is 0 Å². The third-order valence-electron chi connectivity index (χ3n) is 4.35. The van der Waals surface area contributed by atoms with Crippen LogP contribution in [0.3, 0.4) is 0 Å². The van der Waals surface area contributed by atoms with Gasteiger partial charge in [-0.25, -0.2) is 0 Å². The zero-order valence-corrected chi connectivity index (χ0v) is 13.8. The standard InChI is InChI=1S/C19H22N2O3/c1-24-18(15-6-3-2-4-7-15)19(23)21-12-10-20(11-13-21)16-8-5-9-17(22)14-16/h2-9,14,18,22H,10-13H2,1H3/t18-/m1/s1. The monoisotopic (exact) mass is 326 g/mol. The molecular weight excluding hydrogens is 304 g/mol. The molecule has 126 valence electrons. The molecule has 0 saturated carbocycles. The summed E-state index contributed by atoms with van der Waals surface area (Å²) in [5.41, 5.74) is 1.86. The van der Waals surface area contributed by atoms with Crippen LogP contribution in [0.15, 0.2) is 54.6 Å². The maximum absolute atomic E-state index is 12.8. The summed E-state index contributed by atoms with van der Waals surface area (Å²) in [6.45, 7) is 2.75. The Balaban J connectivity index is 1.64. The number of benzene rings is 2. The first-order valence-electron chi connectivity index (χ1n) is 8.09. The lowest BCUT2D eigenvalue weighted by Gasteiger charge is -2.37. The number of carbonyl (C=O) groups excluding carboxylic acids is 1. The Labute approximate surface area is 142 Å². The molecule has 2 aromatic carbocycles. The number of piperazine rings is 1. The molecule has 1 aliphatic rings. The van der Waals surface area contributed by atoms with Gasteiger partial charge in [0.2, 0.25) is 0 Å². The highest BCUT2D eigenvalue weighted by atomic mass is 16.5. The van der Waals surface area contributed by atoms with Crippen molar-refractivity contribution in [3.05, 3.63) is 60.2 Å². The van der Waals surface area contributed by atoms with Crippen molar-refractivity contribution in [2.75, 3.05) is 38.2 Å². The molecule has 0 bridgehead atoms. The number of hydrogen-bond donors (Lipinski definition) is 1. The van der Waals surface area contributed by atoms with Crippen LogP contribution in [0.5, 0.6) is 5.75 Å². The van der Waals surface area contributed by atoms with Crippen molar-refractivity contribution in [1.82, 2.24) is 4.90 Å². The van der Waals surface area contributed by atoms with Gasteiger partial charge in [-0.2, -0.15) is 0 Å². The molecule has 5 nitrogen and oxygen atoms in total. The summed E-state index contributed by atoms with van der Waals surface area (Å²) in [4.78, 5) is 16.8. The Kier molecular flexibility index (Phi) is 5.01. The second kappa shape index (κ2) is 7.36. The Morgan fingerprint density at radius 3 is 2.38 bits per heavy atom. The van der Waals surface area contributed by atoms with Gasteiger partial charge in [0.15, 0.2) is 6.10 Å². The van der Waals surface area contributed by atoms with Crippen molar-refractivity contribution < 1.29 is 14.6 Å². The molecule has 5 heteroatoms. The molecule has 3 rings (SSSR count). The van der Waals surface area contributed by atoms with Crippen LogP contribution < -0.4 is 4.90 Å². The summed E-state index contributed by atoms with van der Waals surface area (Å²) >= 11 is 0. The van der Waals surface area contributed by atoms with Crippen molar-refractivity contribution >= 4 is 11.6 Å². The molecule has 1 fully saturated rings. The number of anilines is 1. The molecule has 24 heavy (non-hydrogen) atoms. The first kappa shape index (κ1) is 16.3. The van der Waals surface area contributed by atoms with E-state index in [1.165, 1.54) is 0 Å². The fourth-order valence-electron chi connectivity index (χ4n) is 3.05. The van der Waals surface area contributed by atoms with E-state index >= 15 is 0 Å². The summed E-state index contributed by atoms with van der Waals surface area (Å²) < 4.78 is 5.44. The summed E-state index contributed by atoms with van der Waals surface area (Å²) in [7, 11) is 1.57. The molecule has 0 aromatic heterocycles. The van der Waals surface area contributed by atoms with Gasteiger partial charge < -0.3 is 19.6 Å². The summed E-state index contributed by atoms with van der Waals surface area (Å²) in [5, 5.41) is 9.61. The van der Waals surface area contributed by atoms with Crippen LogP contribution in [0.25, 0.3) is 0 Å². The number of hydrogen-bond acceptors (Lipinski definition) is 4. The third kappa shape index (κ3) is 3.51. The van der Waals surface area contributed by atoms with Crippen LogP contribution in [0.1, 0.15) is 11.7 Å². The molecule has 0 aliphatic carbocycles. The number of aromatic hydroxyl groups is 1. The second-order valence-corrected chi connectivity index (χ2v) is 5.86. The largest absolute Gasteiger partial charge is 0.508 e.